The van der Waals surface area contributed by atoms with Crippen LogP contribution in [0, 0.1) is 0 Å². The average molecular weight is 1860 g/mol. The van der Waals surface area contributed by atoms with Crippen LogP contribution in [0.25, 0.3) is 10.4 Å². The maximum atomic E-state index is 10.7. The Bertz CT molecular complexity index is 4930. The van der Waals surface area contributed by atoms with Crippen molar-refractivity contribution in [3.05, 3.63) is 364 Å². The number of aliphatic hydroxyl groups excluding tert-OH is 1. The molecule has 137 heavy (non-hydrogen) atoms. The third-order valence-corrected chi connectivity index (χ3v) is 28.2. The van der Waals surface area contributed by atoms with Crippen LogP contribution in [0.4, 0.5) is 0 Å². The second-order valence-electron chi connectivity index (χ2n) is 37.8. The molecule has 0 spiro atoms. The van der Waals surface area contributed by atoms with Crippen molar-refractivity contribution in [2.45, 2.75) is 276 Å². The van der Waals surface area contributed by atoms with Crippen LogP contribution in [-0.4, -0.2) is 148 Å². The normalized spacial score (nSPS) is 13.8. The Morgan fingerprint density at radius 1 is 0.321 bits per heavy atom. The number of rotatable bonds is 51. The van der Waals surface area contributed by atoms with Gasteiger partial charge in [-0.15, -0.1) is 0 Å². The van der Waals surface area contributed by atoms with E-state index in [0.29, 0.717) is 38.4 Å². The highest BCUT2D eigenvalue weighted by atomic mass is 16.5. The molecule has 0 unspecified atom stereocenters. The van der Waals surface area contributed by atoms with Gasteiger partial charge in [0.15, 0.2) is 0 Å². The van der Waals surface area contributed by atoms with Gasteiger partial charge in [0.25, 0.3) is 0 Å². The molecule has 16 nitrogen and oxygen atoms in total. The second kappa shape index (κ2) is 62.9. The Hall–Kier alpha value is -9.91. The summed E-state index contributed by atoms with van der Waals surface area (Å²) in [6, 6.07) is 90.6. The Balaban J connectivity index is 0.000000165. The van der Waals surface area contributed by atoms with Crippen LogP contribution in [0.2, 0.25) is 0 Å². The number of carboxylic acid groups (broad SMARTS) is 2. The van der Waals surface area contributed by atoms with E-state index >= 15 is 0 Å². The number of hydrogen-bond acceptors (Lipinski definition) is 12. The Labute approximate surface area is 822 Å². The van der Waals surface area contributed by atoms with Gasteiger partial charge in [0.05, 0.1) is 50.0 Å². The number of aryl methyl sites for hydroxylation is 10. The van der Waals surface area contributed by atoms with Crippen LogP contribution in [0.5, 0.6) is 0 Å². The smallest absolute Gasteiger partial charge is 0.303 e. The molecule has 16 heteroatoms. The fourth-order valence-electron chi connectivity index (χ4n) is 21.0. The number of azide groups is 1. The van der Waals surface area contributed by atoms with E-state index in [1.165, 1.54) is 195 Å². The van der Waals surface area contributed by atoms with Crippen molar-refractivity contribution in [2.75, 3.05) is 106 Å². The lowest BCUT2D eigenvalue weighted by Gasteiger charge is -2.33. The SMILES string of the molecule is CCCCCCCN(CCOCCN=[N+]=[N-])C1c2ccccc2CCc2ccccc21.CCOCCCCCCCNC1c2ccccc2CCc2ccccc21.CCOCCN(CCCCCCC(=O)O)C1c2ccccc2CCc2ccccc21.CN(CCCCCCCO)C1c2ccccc2CCc2ccccc21.O=C(O)CCCCCCNC1c2ccccc2CCc2ccccc21. The minimum absolute atomic E-state index is 0.249. The van der Waals surface area contributed by atoms with Gasteiger partial charge in [0.2, 0.25) is 0 Å². The first kappa shape index (κ1) is 108. The molecule has 10 aromatic rings. The van der Waals surface area contributed by atoms with E-state index in [9.17, 15) is 9.59 Å². The summed E-state index contributed by atoms with van der Waals surface area (Å²) in [4.78, 5) is 31.8. The number of fused-ring (bicyclic) bond motifs is 10. The van der Waals surface area contributed by atoms with Crippen LogP contribution >= 0.6 is 0 Å². The molecule has 0 bridgehead atoms. The van der Waals surface area contributed by atoms with Crippen LogP contribution in [0.3, 0.4) is 0 Å². The predicted octanol–water partition coefficient (Wildman–Crippen LogP) is 26.4. The summed E-state index contributed by atoms with van der Waals surface area (Å²) in [7, 11) is 2.28. The third-order valence-electron chi connectivity index (χ3n) is 28.2. The molecular formula is C121H162N8O8. The zero-order chi connectivity index (χ0) is 95.9. The van der Waals surface area contributed by atoms with E-state index in [4.69, 9.17) is 35.1 Å². The van der Waals surface area contributed by atoms with Crippen molar-refractivity contribution < 1.29 is 39.1 Å². The molecule has 0 amide bonds. The lowest BCUT2D eigenvalue weighted by atomic mass is 9.93. The number of nitrogens with one attached hydrogen (secondary N) is 2. The summed E-state index contributed by atoms with van der Waals surface area (Å²) in [5, 5.41) is 37.6. The summed E-state index contributed by atoms with van der Waals surface area (Å²) < 4.78 is 16.9. The van der Waals surface area contributed by atoms with Crippen LogP contribution < -0.4 is 10.6 Å². The zero-order valence-electron chi connectivity index (χ0n) is 83.4. The molecule has 10 aromatic carbocycles. The van der Waals surface area contributed by atoms with Crippen molar-refractivity contribution in [3.63, 3.8) is 0 Å². The van der Waals surface area contributed by atoms with E-state index in [1.54, 1.807) is 0 Å². The van der Waals surface area contributed by atoms with Crippen LogP contribution in [-0.2, 0) is 88.0 Å². The Morgan fingerprint density at radius 3 is 0.920 bits per heavy atom. The van der Waals surface area contributed by atoms with Crippen molar-refractivity contribution in [1.82, 2.24) is 25.3 Å². The molecule has 5 N–H and O–H groups in total. The largest absolute Gasteiger partial charge is 0.481 e. The standard InChI is InChI=1S/C26H36N4O.C26H35NO3.C24H33NO.C23H31NO.C22H27NO2/c1-2-3-4-5-10-18-30(19-21-31-20-17-28-29-27)26-24-13-8-6-11-22(24)15-16-23-12-7-9-14-25(23)26;1-2-30-20-19-27(18-10-4-3-5-15-25(28)29)26-23-13-8-6-11-21(23)16-17-22-12-7-9-14-24(22)26;1-2-26-19-11-5-3-4-10-18-25-24-22-14-8-6-12-20(22)16-17-21-13-7-9-15-23(21)24;1-24(17-9-3-2-4-10-18-25)23-21-13-7-5-11-19(21)15-16-20-12-6-8-14-22(20)23;24-21(25)13-3-1-2-8-16-23-22-19-11-6-4-9-17(19)14-15-18-10-5-7-12-20(18)22/h6-9,11-14,26H,2-5,10,15-21H2,1H3;6-9,11-14,26H,2-5,10,15-20H2,1H3,(H,28,29);6-9,12-15,24-25H,2-5,10-11,16-19H2,1H3;5-8,11-14,23,25H,2-4,9-10,15-18H2,1H3;4-7,9-12,22-23H,1-3,8,13-16H2,(H,24,25). The summed E-state index contributed by atoms with van der Waals surface area (Å²) in [5.74, 6) is -1.38. The van der Waals surface area contributed by atoms with E-state index in [-0.39, 0.29) is 31.0 Å². The van der Waals surface area contributed by atoms with E-state index in [2.05, 4.69) is 299 Å². The Morgan fingerprint density at radius 2 is 0.591 bits per heavy atom. The molecule has 0 saturated heterocycles. The number of benzene rings is 10. The van der Waals surface area contributed by atoms with Gasteiger partial charge in [-0.25, -0.2) is 0 Å². The minimum Gasteiger partial charge on any atom is -0.481 e. The minimum atomic E-state index is -0.694. The van der Waals surface area contributed by atoms with Gasteiger partial charge in [-0.1, -0.05) is 345 Å². The monoisotopic (exact) mass is 1860 g/mol. The summed E-state index contributed by atoms with van der Waals surface area (Å²) in [6.07, 6.45) is 38.0. The van der Waals surface area contributed by atoms with E-state index < -0.39 is 11.9 Å². The number of aliphatic hydroxyl groups is 1. The van der Waals surface area contributed by atoms with Gasteiger partial charge in [-0.2, -0.15) is 0 Å². The van der Waals surface area contributed by atoms with Crippen molar-refractivity contribution >= 4 is 11.9 Å². The first-order valence-corrected chi connectivity index (χ1v) is 52.7. The topological polar surface area (TPSA) is 205 Å². The molecule has 0 fully saturated rings. The van der Waals surface area contributed by atoms with Gasteiger partial charge in [0.1, 0.15) is 0 Å². The number of hydrogen-bond donors (Lipinski definition) is 5. The first-order chi connectivity index (χ1) is 67.5. The zero-order valence-corrected chi connectivity index (χ0v) is 83.4. The second-order valence-corrected chi connectivity index (χ2v) is 37.8. The van der Waals surface area contributed by atoms with Crippen LogP contribution in [0.1, 0.15) is 323 Å². The highest BCUT2D eigenvalue weighted by Crippen LogP contribution is 2.42. The number of nitrogens with zero attached hydrogens (tertiary/aromatic N) is 6. The fourth-order valence-corrected chi connectivity index (χ4v) is 21.0. The summed E-state index contributed by atoms with van der Waals surface area (Å²) in [5.41, 5.74) is 37.6. The van der Waals surface area contributed by atoms with Gasteiger partial charge in [-0.05, 0) is 292 Å². The highest BCUT2D eigenvalue weighted by molar-refractivity contribution is 5.67. The molecule has 734 valence electrons. The highest BCUT2D eigenvalue weighted by Gasteiger charge is 2.33. The molecule has 0 radical (unpaired) electrons. The average Bonchev–Trinajstić information content (AvgIpc) is 1.76. The fraction of sp³-hybridized carbons (Fsp3) is 0.488. The summed E-state index contributed by atoms with van der Waals surface area (Å²) >= 11 is 0. The van der Waals surface area contributed by atoms with Crippen molar-refractivity contribution in [1.29, 1.82) is 0 Å². The molecule has 15 rings (SSSR count). The van der Waals surface area contributed by atoms with Crippen molar-refractivity contribution in [2.24, 2.45) is 5.11 Å². The van der Waals surface area contributed by atoms with Gasteiger partial charge in [-0.3, -0.25) is 24.3 Å². The number of ether oxygens (including phenoxy) is 3. The first-order valence-electron chi connectivity index (χ1n) is 52.7. The van der Waals surface area contributed by atoms with Gasteiger partial charge in [0, 0.05) is 63.8 Å². The molecule has 5 aliphatic carbocycles. The lowest BCUT2D eigenvalue weighted by molar-refractivity contribution is -0.138. The molecule has 0 heterocycles. The maximum Gasteiger partial charge on any atom is 0.303 e. The Kier molecular flexibility index (Phi) is 49.4. The van der Waals surface area contributed by atoms with E-state index in [0.717, 1.165) is 201 Å². The predicted molar refractivity (Wildman–Crippen MR) is 564 cm³/mol. The molecule has 0 saturated carbocycles. The molecule has 0 atom stereocenters. The molecule has 0 aromatic heterocycles. The number of carbonyl (C=O) groups is 2. The quantitative estimate of drug-likeness (QED) is 0.0104. The molecule has 0 aliphatic heterocycles. The number of carboxylic acids is 2. The maximum absolute atomic E-state index is 10.7. The van der Waals surface area contributed by atoms with Gasteiger partial charge < -0.3 is 40.2 Å². The third kappa shape index (κ3) is 35.1. The molecular weight excluding hydrogens is 1690 g/mol. The van der Waals surface area contributed by atoms with E-state index in [1.807, 2.05) is 6.92 Å². The molecule has 5 aliphatic rings. The van der Waals surface area contributed by atoms with Crippen molar-refractivity contribution in [3.8, 4) is 0 Å². The number of unbranched alkanes of at least 4 members (excludes halogenated alkanes) is 18. The van der Waals surface area contributed by atoms with Crippen LogP contribution in [0.15, 0.2) is 248 Å². The lowest BCUT2D eigenvalue weighted by Crippen LogP contribution is -2.34. The van der Waals surface area contributed by atoms with Gasteiger partial charge >= 0.3 is 11.9 Å². The number of aliphatic carboxylic acids is 2. The summed E-state index contributed by atoms with van der Waals surface area (Å²) in [6.45, 7) is 18.4.